The molecular formula is C15H19F2N3O. The van der Waals surface area contributed by atoms with E-state index >= 15 is 0 Å². The molecule has 1 unspecified atom stereocenters. The van der Waals surface area contributed by atoms with Gasteiger partial charge in [-0.3, -0.25) is 4.90 Å². The molecule has 114 valence electrons. The van der Waals surface area contributed by atoms with Crippen molar-refractivity contribution in [3.8, 4) is 0 Å². The molecule has 1 heterocycles. The summed E-state index contributed by atoms with van der Waals surface area (Å²) in [6.07, 6.45) is 0. The Morgan fingerprint density at radius 2 is 1.95 bits per heavy atom. The number of hydrogen-bond acceptors (Lipinski definition) is 4. The van der Waals surface area contributed by atoms with Gasteiger partial charge in [0.2, 0.25) is 5.89 Å². The fourth-order valence-electron chi connectivity index (χ4n) is 1.90. The van der Waals surface area contributed by atoms with E-state index in [4.69, 9.17) is 4.52 Å². The zero-order valence-corrected chi connectivity index (χ0v) is 12.6. The first-order valence-electron chi connectivity index (χ1n) is 6.86. The number of nitrogens with zero attached hydrogens (tertiary/aromatic N) is 3. The standard InChI is InChI=1S/C15H19F2N3O/c1-9(2)14-18-15(21-19-14)10(3)20(4)8-11-5-6-12(16)7-13(11)17/h5-7,9-10H,8H2,1-4H3. The summed E-state index contributed by atoms with van der Waals surface area (Å²) in [5, 5.41) is 3.92. The molecule has 0 spiro atoms. The van der Waals surface area contributed by atoms with Gasteiger partial charge >= 0.3 is 0 Å². The van der Waals surface area contributed by atoms with E-state index in [9.17, 15) is 8.78 Å². The third-order valence-corrected chi connectivity index (χ3v) is 3.43. The van der Waals surface area contributed by atoms with Gasteiger partial charge in [-0.1, -0.05) is 25.1 Å². The first-order chi connectivity index (χ1) is 9.88. The first-order valence-corrected chi connectivity index (χ1v) is 6.86. The fraction of sp³-hybridized carbons (Fsp3) is 0.467. The van der Waals surface area contributed by atoms with Gasteiger partial charge in [0.05, 0.1) is 6.04 Å². The average molecular weight is 295 g/mol. The largest absolute Gasteiger partial charge is 0.338 e. The Labute approximate surface area is 122 Å². The van der Waals surface area contributed by atoms with Crippen molar-refractivity contribution in [1.29, 1.82) is 0 Å². The van der Waals surface area contributed by atoms with Crippen molar-refractivity contribution in [2.75, 3.05) is 7.05 Å². The van der Waals surface area contributed by atoms with Gasteiger partial charge in [-0.15, -0.1) is 0 Å². The van der Waals surface area contributed by atoms with Gasteiger partial charge in [0, 0.05) is 24.1 Å². The third kappa shape index (κ3) is 3.64. The second kappa shape index (κ2) is 6.30. The van der Waals surface area contributed by atoms with Crippen LogP contribution in [0, 0.1) is 11.6 Å². The number of benzene rings is 1. The molecule has 0 aliphatic carbocycles. The van der Waals surface area contributed by atoms with Crippen LogP contribution in [0.15, 0.2) is 22.7 Å². The summed E-state index contributed by atoms with van der Waals surface area (Å²) >= 11 is 0. The molecule has 21 heavy (non-hydrogen) atoms. The van der Waals surface area contributed by atoms with E-state index in [0.717, 1.165) is 6.07 Å². The van der Waals surface area contributed by atoms with E-state index in [2.05, 4.69) is 10.1 Å². The third-order valence-electron chi connectivity index (χ3n) is 3.43. The quantitative estimate of drug-likeness (QED) is 0.844. The van der Waals surface area contributed by atoms with E-state index in [1.807, 2.05) is 32.7 Å². The smallest absolute Gasteiger partial charge is 0.243 e. The van der Waals surface area contributed by atoms with Crippen molar-refractivity contribution in [1.82, 2.24) is 15.0 Å². The SMILES string of the molecule is CC(C)c1noc(C(C)N(C)Cc2ccc(F)cc2F)n1. The summed E-state index contributed by atoms with van der Waals surface area (Å²) in [6, 6.07) is 3.42. The van der Waals surface area contributed by atoms with E-state index in [0.29, 0.717) is 23.8 Å². The molecule has 0 saturated carbocycles. The van der Waals surface area contributed by atoms with Crippen molar-refractivity contribution >= 4 is 0 Å². The number of rotatable bonds is 5. The van der Waals surface area contributed by atoms with Crippen molar-refractivity contribution in [2.45, 2.75) is 39.3 Å². The highest BCUT2D eigenvalue weighted by molar-refractivity contribution is 5.18. The number of halogens is 2. The summed E-state index contributed by atoms with van der Waals surface area (Å²) < 4.78 is 31.8. The van der Waals surface area contributed by atoms with Crippen LogP contribution in [-0.2, 0) is 6.54 Å². The first kappa shape index (κ1) is 15.6. The van der Waals surface area contributed by atoms with Crippen LogP contribution < -0.4 is 0 Å². The van der Waals surface area contributed by atoms with Gasteiger partial charge in [0.25, 0.3) is 0 Å². The molecule has 2 rings (SSSR count). The predicted molar refractivity (Wildman–Crippen MR) is 74.6 cm³/mol. The molecule has 0 N–H and O–H groups in total. The fourth-order valence-corrected chi connectivity index (χ4v) is 1.90. The maximum absolute atomic E-state index is 13.7. The van der Waals surface area contributed by atoms with Gasteiger partial charge in [0.1, 0.15) is 11.6 Å². The molecule has 0 amide bonds. The molecule has 1 aromatic heterocycles. The van der Waals surface area contributed by atoms with Crippen LogP contribution in [0.25, 0.3) is 0 Å². The van der Waals surface area contributed by atoms with Crippen LogP contribution in [0.3, 0.4) is 0 Å². The summed E-state index contributed by atoms with van der Waals surface area (Å²) in [6.45, 7) is 6.19. The normalized spacial score (nSPS) is 13.1. The Bertz CT molecular complexity index is 613. The summed E-state index contributed by atoms with van der Waals surface area (Å²) in [5.74, 6) is 0.198. The van der Waals surface area contributed by atoms with Crippen molar-refractivity contribution in [3.63, 3.8) is 0 Å². The van der Waals surface area contributed by atoms with Crippen molar-refractivity contribution in [3.05, 3.63) is 47.1 Å². The highest BCUT2D eigenvalue weighted by atomic mass is 19.1. The van der Waals surface area contributed by atoms with Gasteiger partial charge in [0.15, 0.2) is 5.82 Å². The minimum Gasteiger partial charge on any atom is -0.338 e. The van der Waals surface area contributed by atoms with E-state index in [-0.39, 0.29) is 12.0 Å². The average Bonchev–Trinajstić information content (AvgIpc) is 2.90. The molecule has 2 aromatic rings. The van der Waals surface area contributed by atoms with Crippen LogP contribution >= 0.6 is 0 Å². The Balaban J connectivity index is 2.09. The maximum atomic E-state index is 13.7. The Kier molecular flexibility index (Phi) is 4.67. The lowest BCUT2D eigenvalue weighted by molar-refractivity contribution is 0.200. The molecule has 0 bridgehead atoms. The van der Waals surface area contributed by atoms with Gasteiger partial charge in [-0.05, 0) is 20.0 Å². The van der Waals surface area contributed by atoms with Gasteiger partial charge < -0.3 is 4.52 Å². The summed E-state index contributed by atoms with van der Waals surface area (Å²) in [5.41, 5.74) is 0.425. The second-order valence-corrected chi connectivity index (χ2v) is 5.47. The Morgan fingerprint density at radius 1 is 1.24 bits per heavy atom. The molecule has 0 aliphatic rings. The lowest BCUT2D eigenvalue weighted by Gasteiger charge is -2.21. The number of aromatic nitrogens is 2. The molecule has 0 aliphatic heterocycles. The molecule has 0 radical (unpaired) electrons. The lowest BCUT2D eigenvalue weighted by atomic mass is 10.1. The summed E-state index contributed by atoms with van der Waals surface area (Å²) in [7, 11) is 1.83. The van der Waals surface area contributed by atoms with Crippen LogP contribution in [0.4, 0.5) is 8.78 Å². The zero-order valence-electron chi connectivity index (χ0n) is 12.6. The molecule has 1 atom stereocenters. The highest BCUT2D eigenvalue weighted by Gasteiger charge is 2.20. The Morgan fingerprint density at radius 3 is 2.52 bits per heavy atom. The summed E-state index contributed by atoms with van der Waals surface area (Å²) in [4.78, 5) is 6.20. The van der Waals surface area contributed by atoms with Crippen molar-refractivity contribution < 1.29 is 13.3 Å². The second-order valence-electron chi connectivity index (χ2n) is 5.47. The topological polar surface area (TPSA) is 42.2 Å². The van der Waals surface area contributed by atoms with Crippen molar-refractivity contribution in [2.24, 2.45) is 0 Å². The van der Waals surface area contributed by atoms with Crippen LogP contribution in [0.2, 0.25) is 0 Å². The van der Waals surface area contributed by atoms with E-state index < -0.39 is 11.6 Å². The van der Waals surface area contributed by atoms with E-state index in [1.165, 1.54) is 12.1 Å². The van der Waals surface area contributed by atoms with Crippen LogP contribution in [0.1, 0.15) is 50.0 Å². The highest BCUT2D eigenvalue weighted by Crippen LogP contribution is 2.22. The molecule has 0 fully saturated rings. The minimum absolute atomic E-state index is 0.158. The maximum Gasteiger partial charge on any atom is 0.243 e. The molecule has 6 heteroatoms. The zero-order chi connectivity index (χ0) is 15.6. The van der Waals surface area contributed by atoms with Gasteiger partial charge in [-0.2, -0.15) is 4.98 Å². The van der Waals surface area contributed by atoms with E-state index in [1.54, 1.807) is 0 Å². The monoisotopic (exact) mass is 295 g/mol. The predicted octanol–water partition coefficient (Wildman–Crippen LogP) is 3.66. The minimum atomic E-state index is -0.578. The molecular weight excluding hydrogens is 276 g/mol. The van der Waals surface area contributed by atoms with Crippen LogP contribution in [0.5, 0.6) is 0 Å². The van der Waals surface area contributed by atoms with Crippen LogP contribution in [-0.4, -0.2) is 22.1 Å². The Hall–Kier alpha value is -1.82. The molecule has 4 nitrogen and oxygen atoms in total. The van der Waals surface area contributed by atoms with Gasteiger partial charge in [-0.25, -0.2) is 8.78 Å². The molecule has 1 aromatic carbocycles. The number of hydrogen-bond donors (Lipinski definition) is 0. The lowest BCUT2D eigenvalue weighted by Crippen LogP contribution is -2.22. The molecule has 0 saturated heterocycles.